The van der Waals surface area contributed by atoms with Gasteiger partial charge in [0.1, 0.15) is 0 Å². The minimum absolute atomic E-state index is 0.276. The van der Waals surface area contributed by atoms with Crippen LogP contribution in [0, 0.1) is 5.92 Å². The molecule has 18 heavy (non-hydrogen) atoms. The topological polar surface area (TPSA) is 38.3 Å². The average Bonchev–Trinajstić information content (AvgIpc) is 2.41. The van der Waals surface area contributed by atoms with Crippen molar-refractivity contribution in [1.29, 1.82) is 0 Å². The number of esters is 1. The highest BCUT2D eigenvalue weighted by Crippen LogP contribution is 2.27. The molecule has 3 nitrogen and oxygen atoms in total. The summed E-state index contributed by atoms with van der Waals surface area (Å²) in [5.74, 6) is 0.557. The third kappa shape index (κ3) is 3.03. The van der Waals surface area contributed by atoms with Crippen LogP contribution in [-0.2, 0) is 4.74 Å². The van der Waals surface area contributed by atoms with Crippen molar-refractivity contribution < 1.29 is 9.53 Å². The zero-order chi connectivity index (χ0) is 13.0. The van der Waals surface area contributed by atoms with Crippen molar-refractivity contribution in [1.82, 2.24) is 0 Å². The first kappa shape index (κ1) is 12.9. The van der Waals surface area contributed by atoms with Gasteiger partial charge >= 0.3 is 5.97 Å². The summed E-state index contributed by atoms with van der Waals surface area (Å²) in [6.07, 6.45) is 4.88. The molecule has 98 valence electrons. The third-order valence-electron chi connectivity index (χ3n) is 3.71. The first-order valence-electron chi connectivity index (χ1n) is 6.64. The van der Waals surface area contributed by atoms with E-state index in [2.05, 4.69) is 12.2 Å². The van der Waals surface area contributed by atoms with Gasteiger partial charge in [-0.2, -0.15) is 0 Å². The summed E-state index contributed by atoms with van der Waals surface area (Å²) in [5.41, 5.74) is 1.52. The molecular weight excluding hydrogens is 226 g/mol. The number of carbonyl (C=O) groups is 1. The predicted molar refractivity (Wildman–Crippen MR) is 72.8 cm³/mol. The number of carbonyl (C=O) groups excluding carboxylic acids is 1. The highest BCUT2D eigenvalue weighted by molar-refractivity contribution is 5.95. The normalized spacial score (nSPS) is 23.4. The molecule has 0 saturated heterocycles. The summed E-state index contributed by atoms with van der Waals surface area (Å²) in [6.45, 7) is 2.30. The lowest BCUT2D eigenvalue weighted by atomic mass is 9.87. The molecule has 1 saturated carbocycles. The summed E-state index contributed by atoms with van der Waals surface area (Å²) in [7, 11) is 1.42. The van der Waals surface area contributed by atoms with Crippen LogP contribution in [0.1, 0.15) is 43.0 Å². The number of rotatable bonds is 3. The molecule has 1 aromatic rings. The number of anilines is 1. The Balaban J connectivity index is 2.07. The number of para-hydroxylation sites is 1. The first-order valence-corrected chi connectivity index (χ1v) is 6.64. The Morgan fingerprint density at radius 2 is 1.89 bits per heavy atom. The fraction of sp³-hybridized carbons (Fsp3) is 0.533. The van der Waals surface area contributed by atoms with E-state index in [-0.39, 0.29) is 5.97 Å². The standard InChI is InChI=1S/C15H21NO2/c1-11-7-9-12(10-8-11)16-14-6-4-3-5-13(14)15(17)18-2/h3-6,11-12,16H,7-10H2,1-2H3. The Hall–Kier alpha value is -1.51. The van der Waals surface area contributed by atoms with E-state index >= 15 is 0 Å². The summed E-state index contributed by atoms with van der Waals surface area (Å²) < 4.78 is 4.80. The van der Waals surface area contributed by atoms with Crippen LogP contribution in [0.5, 0.6) is 0 Å². The molecule has 0 bridgehead atoms. The molecule has 1 aliphatic rings. The Kier molecular flexibility index (Phi) is 4.24. The second-order valence-corrected chi connectivity index (χ2v) is 5.14. The van der Waals surface area contributed by atoms with Gasteiger partial charge in [0.15, 0.2) is 0 Å². The van der Waals surface area contributed by atoms with Crippen LogP contribution in [0.2, 0.25) is 0 Å². The van der Waals surface area contributed by atoms with E-state index in [4.69, 9.17) is 4.74 Å². The molecule has 0 heterocycles. The molecule has 0 unspecified atom stereocenters. The van der Waals surface area contributed by atoms with E-state index in [1.54, 1.807) is 6.07 Å². The van der Waals surface area contributed by atoms with E-state index in [9.17, 15) is 4.79 Å². The SMILES string of the molecule is COC(=O)c1ccccc1NC1CCC(C)CC1. The number of benzene rings is 1. The van der Waals surface area contributed by atoms with Crippen LogP contribution in [0.15, 0.2) is 24.3 Å². The zero-order valence-corrected chi connectivity index (χ0v) is 11.1. The van der Waals surface area contributed by atoms with Gasteiger partial charge in [0, 0.05) is 11.7 Å². The van der Waals surface area contributed by atoms with Crippen molar-refractivity contribution in [2.45, 2.75) is 38.6 Å². The van der Waals surface area contributed by atoms with Crippen molar-refractivity contribution in [3.63, 3.8) is 0 Å². The Bertz CT molecular complexity index is 409. The van der Waals surface area contributed by atoms with Gasteiger partial charge in [-0.25, -0.2) is 4.79 Å². The molecule has 0 aromatic heterocycles. The zero-order valence-electron chi connectivity index (χ0n) is 11.1. The van der Waals surface area contributed by atoms with Crippen molar-refractivity contribution in [3.8, 4) is 0 Å². The van der Waals surface area contributed by atoms with Crippen LogP contribution < -0.4 is 5.32 Å². The second kappa shape index (κ2) is 5.89. The molecule has 1 N–H and O–H groups in total. The monoisotopic (exact) mass is 247 g/mol. The van der Waals surface area contributed by atoms with Crippen LogP contribution >= 0.6 is 0 Å². The van der Waals surface area contributed by atoms with E-state index in [0.717, 1.165) is 11.6 Å². The van der Waals surface area contributed by atoms with Crippen molar-refractivity contribution in [3.05, 3.63) is 29.8 Å². The minimum atomic E-state index is -0.276. The van der Waals surface area contributed by atoms with Crippen LogP contribution in [0.3, 0.4) is 0 Å². The first-order chi connectivity index (χ1) is 8.70. The van der Waals surface area contributed by atoms with Crippen LogP contribution in [-0.4, -0.2) is 19.1 Å². The maximum atomic E-state index is 11.7. The lowest BCUT2D eigenvalue weighted by molar-refractivity contribution is 0.0601. The Morgan fingerprint density at radius 3 is 2.56 bits per heavy atom. The Labute approximate surface area is 109 Å². The van der Waals surface area contributed by atoms with Crippen LogP contribution in [0.25, 0.3) is 0 Å². The quantitative estimate of drug-likeness (QED) is 0.831. The molecule has 2 rings (SSSR count). The number of ether oxygens (including phenoxy) is 1. The Morgan fingerprint density at radius 1 is 1.22 bits per heavy atom. The summed E-state index contributed by atoms with van der Waals surface area (Å²) >= 11 is 0. The lowest BCUT2D eigenvalue weighted by Gasteiger charge is -2.28. The maximum absolute atomic E-state index is 11.7. The lowest BCUT2D eigenvalue weighted by Crippen LogP contribution is -2.26. The van der Waals surface area contributed by atoms with Gasteiger partial charge in [-0.15, -0.1) is 0 Å². The smallest absolute Gasteiger partial charge is 0.339 e. The molecule has 0 radical (unpaired) electrons. The average molecular weight is 247 g/mol. The molecule has 0 spiro atoms. The molecular formula is C15H21NO2. The van der Waals surface area contributed by atoms with Gasteiger partial charge in [0.2, 0.25) is 0 Å². The van der Waals surface area contributed by atoms with Gasteiger partial charge in [-0.3, -0.25) is 0 Å². The number of methoxy groups -OCH3 is 1. The fourth-order valence-electron chi connectivity index (χ4n) is 2.52. The number of nitrogens with one attached hydrogen (secondary N) is 1. The molecule has 0 amide bonds. The van der Waals surface area contributed by atoms with Gasteiger partial charge < -0.3 is 10.1 Å². The van der Waals surface area contributed by atoms with Gasteiger partial charge in [-0.1, -0.05) is 19.1 Å². The predicted octanol–water partition coefficient (Wildman–Crippen LogP) is 3.46. The van der Waals surface area contributed by atoms with E-state index in [1.165, 1.54) is 32.8 Å². The van der Waals surface area contributed by atoms with Crippen molar-refractivity contribution in [2.24, 2.45) is 5.92 Å². The third-order valence-corrected chi connectivity index (χ3v) is 3.71. The van der Waals surface area contributed by atoms with Crippen molar-refractivity contribution in [2.75, 3.05) is 12.4 Å². The molecule has 1 fully saturated rings. The number of hydrogen-bond acceptors (Lipinski definition) is 3. The van der Waals surface area contributed by atoms with Gasteiger partial charge in [-0.05, 0) is 43.7 Å². The van der Waals surface area contributed by atoms with E-state index in [0.29, 0.717) is 11.6 Å². The summed E-state index contributed by atoms with van der Waals surface area (Å²) in [5, 5.41) is 3.48. The highest BCUT2D eigenvalue weighted by Gasteiger charge is 2.20. The molecule has 0 atom stereocenters. The van der Waals surface area contributed by atoms with Gasteiger partial charge in [0.25, 0.3) is 0 Å². The fourth-order valence-corrected chi connectivity index (χ4v) is 2.52. The number of hydrogen-bond donors (Lipinski definition) is 1. The second-order valence-electron chi connectivity index (χ2n) is 5.14. The van der Waals surface area contributed by atoms with E-state index < -0.39 is 0 Å². The minimum Gasteiger partial charge on any atom is -0.465 e. The summed E-state index contributed by atoms with van der Waals surface area (Å²) in [4.78, 5) is 11.7. The molecule has 0 aliphatic heterocycles. The molecule has 1 aliphatic carbocycles. The molecule has 3 heteroatoms. The van der Waals surface area contributed by atoms with Crippen molar-refractivity contribution >= 4 is 11.7 Å². The van der Waals surface area contributed by atoms with Crippen LogP contribution in [0.4, 0.5) is 5.69 Å². The highest BCUT2D eigenvalue weighted by atomic mass is 16.5. The summed E-state index contributed by atoms with van der Waals surface area (Å²) in [6, 6.07) is 8.04. The largest absolute Gasteiger partial charge is 0.465 e. The van der Waals surface area contributed by atoms with Gasteiger partial charge in [0.05, 0.1) is 12.7 Å². The maximum Gasteiger partial charge on any atom is 0.339 e. The molecule has 1 aromatic carbocycles. The van der Waals surface area contributed by atoms with E-state index in [1.807, 2.05) is 18.2 Å².